The van der Waals surface area contributed by atoms with Gasteiger partial charge in [0.25, 0.3) is 11.8 Å². The molecule has 2 amide bonds. The Balaban J connectivity index is 1.31. The van der Waals surface area contributed by atoms with Gasteiger partial charge in [-0.05, 0) is 30.3 Å². The Bertz CT molecular complexity index is 1100. The van der Waals surface area contributed by atoms with Crippen LogP contribution >= 0.6 is 0 Å². The van der Waals surface area contributed by atoms with Crippen molar-refractivity contribution in [2.75, 3.05) is 39.3 Å². The van der Waals surface area contributed by atoms with Crippen molar-refractivity contribution in [1.29, 1.82) is 10.8 Å². The second-order valence-corrected chi connectivity index (χ2v) is 8.79. The quantitative estimate of drug-likeness (QED) is 0.376. The number of nitrogens with one attached hydrogen (secondary N) is 2. The highest BCUT2D eigenvalue weighted by molar-refractivity contribution is 5.98. The number of piperidine rings is 1. The number of amides is 2. The number of carbonyl (C=O) groups excluding carboxylic acids is 2. The molecule has 0 saturated carbocycles. The fourth-order valence-corrected chi connectivity index (χ4v) is 4.38. The van der Waals surface area contributed by atoms with Gasteiger partial charge in [-0.25, -0.2) is 0 Å². The monoisotopic (exact) mass is 477 g/mol. The minimum atomic E-state index is -0.0987. The van der Waals surface area contributed by atoms with E-state index in [1.165, 1.54) is 0 Å². The van der Waals surface area contributed by atoms with Crippen LogP contribution < -0.4 is 16.2 Å². The van der Waals surface area contributed by atoms with Crippen LogP contribution in [-0.4, -0.2) is 83.7 Å². The van der Waals surface area contributed by atoms with Gasteiger partial charge in [0.15, 0.2) is 5.96 Å². The summed E-state index contributed by atoms with van der Waals surface area (Å²) in [6, 6.07) is 13.9. The molecule has 0 bridgehead atoms. The van der Waals surface area contributed by atoms with Gasteiger partial charge in [0.05, 0.1) is 0 Å². The Labute approximate surface area is 204 Å². The lowest BCUT2D eigenvalue weighted by Crippen LogP contribution is -2.50. The number of likely N-dealkylation sites (tertiary alicyclic amines) is 1. The Morgan fingerprint density at radius 1 is 0.743 bits per heavy atom. The van der Waals surface area contributed by atoms with Gasteiger partial charge in [0.2, 0.25) is 0 Å². The van der Waals surface area contributed by atoms with Crippen LogP contribution in [0.3, 0.4) is 0 Å². The molecule has 10 heteroatoms. The number of guanidine groups is 1. The molecule has 2 aliphatic heterocycles. The molecule has 0 radical (unpaired) electrons. The van der Waals surface area contributed by atoms with Gasteiger partial charge >= 0.3 is 0 Å². The summed E-state index contributed by atoms with van der Waals surface area (Å²) < 4.78 is 6.10. The molecule has 0 aromatic heterocycles. The molecule has 184 valence electrons. The third kappa shape index (κ3) is 5.71. The van der Waals surface area contributed by atoms with Crippen molar-refractivity contribution in [1.82, 2.24) is 14.7 Å². The van der Waals surface area contributed by atoms with Crippen molar-refractivity contribution in [2.24, 2.45) is 11.5 Å². The lowest BCUT2D eigenvalue weighted by Gasteiger charge is -2.35. The first-order valence-electron chi connectivity index (χ1n) is 11.7. The van der Waals surface area contributed by atoms with Crippen LogP contribution in [0.25, 0.3) is 0 Å². The molecule has 2 heterocycles. The van der Waals surface area contributed by atoms with E-state index in [9.17, 15) is 9.59 Å². The number of nitrogen functional groups attached to an aromatic ring is 1. The second kappa shape index (κ2) is 10.5. The maximum absolute atomic E-state index is 13.1. The number of amidine groups is 1. The minimum Gasteiger partial charge on any atom is -0.490 e. The van der Waals surface area contributed by atoms with Crippen molar-refractivity contribution < 1.29 is 14.3 Å². The highest BCUT2D eigenvalue weighted by Crippen LogP contribution is 2.21. The highest BCUT2D eigenvalue weighted by atomic mass is 16.5. The fourth-order valence-electron chi connectivity index (χ4n) is 4.38. The van der Waals surface area contributed by atoms with Gasteiger partial charge in [0, 0.05) is 68.8 Å². The minimum absolute atomic E-state index is 0.0232. The number of nitrogens with zero attached hydrogens (tertiary/aromatic N) is 3. The molecule has 2 aliphatic rings. The number of ether oxygens (including phenoxy) is 1. The predicted octanol–water partition coefficient (Wildman–Crippen LogP) is 1.31. The Kier molecular flexibility index (Phi) is 7.19. The summed E-state index contributed by atoms with van der Waals surface area (Å²) >= 11 is 0. The standard InChI is InChI=1S/C25H31N7O3/c26-22(27)17-4-6-18(7-5-17)23(33)30-12-14-31(15-13-30)24(34)19-2-1-3-21(16-19)35-20-8-10-32(11-9-20)25(28)29/h1-7,16,20H,8-15H2,(H3,26,27)(H3,28,29). The number of benzene rings is 2. The van der Waals surface area contributed by atoms with E-state index in [-0.39, 0.29) is 29.7 Å². The molecule has 0 unspecified atom stereocenters. The lowest BCUT2D eigenvalue weighted by molar-refractivity contribution is 0.0535. The average Bonchev–Trinajstić information content (AvgIpc) is 2.88. The van der Waals surface area contributed by atoms with Crippen molar-refractivity contribution in [2.45, 2.75) is 18.9 Å². The first-order valence-corrected chi connectivity index (χ1v) is 11.7. The van der Waals surface area contributed by atoms with Crippen molar-refractivity contribution in [3.8, 4) is 5.75 Å². The summed E-state index contributed by atoms with van der Waals surface area (Å²) in [5.74, 6) is 0.519. The Morgan fingerprint density at radius 3 is 1.83 bits per heavy atom. The van der Waals surface area contributed by atoms with E-state index in [0.717, 1.165) is 12.8 Å². The number of piperazine rings is 1. The van der Waals surface area contributed by atoms with Gasteiger partial charge in [-0.1, -0.05) is 18.2 Å². The molecule has 10 nitrogen and oxygen atoms in total. The van der Waals surface area contributed by atoms with Crippen LogP contribution in [0.4, 0.5) is 0 Å². The van der Waals surface area contributed by atoms with Crippen molar-refractivity contribution >= 4 is 23.6 Å². The summed E-state index contributed by atoms with van der Waals surface area (Å²) in [4.78, 5) is 31.2. The predicted molar refractivity (Wildman–Crippen MR) is 133 cm³/mol. The maximum atomic E-state index is 13.1. The van der Waals surface area contributed by atoms with Crippen LogP contribution in [0.5, 0.6) is 5.75 Å². The summed E-state index contributed by atoms with van der Waals surface area (Å²) in [5, 5.41) is 15.0. The topological polar surface area (TPSA) is 153 Å². The smallest absolute Gasteiger partial charge is 0.254 e. The van der Waals surface area contributed by atoms with Gasteiger partial charge in [-0.3, -0.25) is 20.4 Å². The molecule has 2 saturated heterocycles. The Hall–Kier alpha value is -4.08. The summed E-state index contributed by atoms with van der Waals surface area (Å²) in [7, 11) is 0. The lowest BCUT2D eigenvalue weighted by atomic mass is 10.1. The molecule has 0 spiro atoms. The second-order valence-electron chi connectivity index (χ2n) is 8.79. The largest absolute Gasteiger partial charge is 0.490 e. The molecule has 2 fully saturated rings. The molecule has 2 aromatic carbocycles. The van der Waals surface area contributed by atoms with Gasteiger partial charge in [0.1, 0.15) is 17.7 Å². The molecule has 2 aromatic rings. The average molecular weight is 478 g/mol. The highest BCUT2D eigenvalue weighted by Gasteiger charge is 2.26. The maximum Gasteiger partial charge on any atom is 0.254 e. The van der Waals surface area contributed by atoms with E-state index in [1.807, 2.05) is 17.0 Å². The van der Waals surface area contributed by atoms with Gasteiger partial charge in [-0.2, -0.15) is 0 Å². The van der Waals surface area contributed by atoms with Crippen LogP contribution in [0, 0.1) is 10.8 Å². The van der Waals surface area contributed by atoms with Crippen LogP contribution in [0.2, 0.25) is 0 Å². The normalized spacial score (nSPS) is 16.6. The van der Waals surface area contributed by atoms with Crippen molar-refractivity contribution in [3.63, 3.8) is 0 Å². The third-order valence-corrected chi connectivity index (χ3v) is 6.46. The molecule has 0 aliphatic carbocycles. The number of rotatable bonds is 5. The number of hydrogen-bond donors (Lipinski definition) is 4. The first-order chi connectivity index (χ1) is 16.8. The van der Waals surface area contributed by atoms with Crippen LogP contribution in [0.15, 0.2) is 48.5 Å². The van der Waals surface area contributed by atoms with Crippen molar-refractivity contribution in [3.05, 3.63) is 65.2 Å². The zero-order chi connectivity index (χ0) is 24.9. The molecule has 35 heavy (non-hydrogen) atoms. The Morgan fingerprint density at radius 2 is 1.29 bits per heavy atom. The number of nitrogens with two attached hydrogens (primary N) is 2. The summed E-state index contributed by atoms with van der Waals surface area (Å²) in [5.41, 5.74) is 12.7. The van der Waals surface area contributed by atoms with E-state index >= 15 is 0 Å². The third-order valence-electron chi connectivity index (χ3n) is 6.46. The fraction of sp³-hybridized carbons (Fsp3) is 0.360. The van der Waals surface area contributed by atoms with E-state index in [4.69, 9.17) is 27.0 Å². The zero-order valence-electron chi connectivity index (χ0n) is 19.6. The first kappa shape index (κ1) is 24.1. The van der Waals surface area contributed by atoms with Crippen LogP contribution in [0.1, 0.15) is 39.1 Å². The van der Waals surface area contributed by atoms with Crippen LogP contribution in [-0.2, 0) is 0 Å². The molecule has 6 N–H and O–H groups in total. The SMILES string of the molecule is N=C(N)c1ccc(C(=O)N2CCN(C(=O)c3cccc(OC4CCN(C(=N)N)CC4)c3)CC2)cc1. The van der Waals surface area contributed by atoms with E-state index in [0.29, 0.717) is 61.7 Å². The van der Waals surface area contributed by atoms with Gasteiger partial charge in [-0.15, -0.1) is 0 Å². The molecule has 0 atom stereocenters. The number of carbonyl (C=O) groups is 2. The summed E-state index contributed by atoms with van der Waals surface area (Å²) in [6.07, 6.45) is 1.56. The van der Waals surface area contributed by atoms with E-state index in [2.05, 4.69) is 0 Å². The van der Waals surface area contributed by atoms with E-state index < -0.39 is 0 Å². The number of hydrogen-bond acceptors (Lipinski definition) is 5. The van der Waals surface area contributed by atoms with Gasteiger partial charge < -0.3 is 30.9 Å². The van der Waals surface area contributed by atoms with E-state index in [1.54, 1.807) is 46.2 Å². The molecular formula is C25H31N7O3. The summed E-state index contributed by atoms with van der Waals surface area (Å²) in [6.45, 7) is 3.16. The molecular weight excluding hydrogens is 446 g/mol. The zero-order valence-corrected chi connectivity index (χ0v) is 19.6. The molecule has 4 rings (SSSR count).